The van der Waals surface area contributed by atoms with Crippen molar-refractivity contribution in [2.24, 2.45) is 0 Å². The number of aromatic nitrogens is 4. The minimum Gasteiger partial charge on any atom is -0.497 e. The maximum absolute atomic E-state index is 13.6. The van der Waals surface area contributed by atoms with Gasteiger partial charge in [0.05, 0.1) is 30.3 Å². The fraction of sp³-hybridized carbons (Fsp3) is 0.160. The Morgan fingerprint density at radius 2 is 1.74 bits per heavy atom. The fourth-order valence-corrected chi connectivity index (χ4v) is 5.50. The molecule has 5 rings (SSSR count). The normalized spacial score (nSPS) is 11.7. The van der Waals surface area contributed by atoms with Crippen LogP contribution in [0.15, 0.2) is 70.6 Å². The molecule has 0 aliphatic carbocycles. The second-order valence-corrected chi connectivity index (χ2v) is 9.90. The van der Waals surface area contributed by atoms with E-state index in [1.54, 1.807) is 51.5 Å². The molecule has 0 unspecified atom stereocenters. The summed E-state index contributed by atoms with van der Waals surface area (Å²) >= 11 is 0. The van der Waals surface area contributed by atoms with Crippen molar-refractivity contribution in [3.63, 3.8) is 0 Å². The Balaban J connectivity index is 1.73. The zero-order valence-electron chi connectivity index (χ0n) is 19.6. The molecular weight excluding hydrogens is 466 g/mol. The summed E-state index contributed by atoms with van der Waals surface area (Å²) in [6, 6.07) is 18.1. The lowest BCUT2D eigenvalue weighted by Crippen LogP contribution is -2.07. The van der Waals surface area contributed by atoms with E-state index in [9.17, 15) is 8.42 Å². The summed E-state index contributed by atoms with van der Waals surface area (Å²) in [6.07, 6.45) is 0. The smallest absolute Gasteiger partial charge is 0.229 e. The Bertz CT molecular complexity index is 1700. The van der Waals surface area contributed by atoms with Crippen LogP contribution in [0.5, 0.6) is 11.5 Å². The lowest BCUT2D eigenvalue weighted by molar-refractivity contribution is 0.395. The van der Waals surface area contributed by atoms with E-state index in [4.69, 9.17) is 9.47 Å². The number of methoxy groups -OCH3 is 2. The Labute approximate surface area is 202 Å². The predicted molar refractivity (Wildman–Crippen MR) is 132 cm³/mol. The van der Waals surface area contributed by atoms with Gasteiger partial charge >= 0.3 is 0 Å². The van der Waals surface area contributed by atoms with E-state index in [1.807, 2.05) is 37.3 Å². The Morgan fingerprint density at radius 1 is 0.943 bits per heavy atom. The molecule has 5 aromatic rings. The summed E-state index contributed by atoms with van der Waals surface area (Å²) in [7, 11) is -0.843. The minimum atomic E-state index is -3.98. The first-order chi connectivity index (χ1) is 16.8. The van der Waals surface area contributed by atoms with Crippen LogP contribution >= 0.6 is 0 Å². The maximum atomic E-state index is 13.6. The molecule has 35 heavy (non-hydrogen) atoms. The summed E-state index contributed by atoms with van der Waals surface area (Å²) in [5.74, 6) is 1.63. The predicted octanol–water partition coefficient (Wildman–Crippen LogP) is 4.49. The molecule has 1 N–H and O–H groups in total. The average molecular weight is 490 g/mol. The van der Waals surface area contributed by atoms with Gasteiger partial charge < -0.3 is 14.8 Å². The molecule has 2 heterocycles. The molecule has 0 spiro atoms. The highest BCUT2D eigenvalue weighted by atomic mass is 32.2. The van der Waals surface area contributed by atoms with E-state index in [2.05, 4.69) is 20.6 Å². The second kappa shape index (κ2) is 8.55. The van der Waals surface area contributed by atoms with Crippen LogP contribution < -0.4 is 14.8 Å². The minimum absolute atomic E-state index is 0.125. The van der Waals surface area contributed by atoms with Crippen molar-refractivity contribution >= 4 is 37.9 Å². The first kappa shape index (κ1) is 22.6. The molecule has 3 aromatic carbocycles. The van der Waals surface area contributed by atoms with Gasteiger partial charge in [0.2, 0.25) is 14.9 Å². The van der Waals surface area contributed by atoms with E-state index < -0.39 is 9.84 Å². The van der Waals surface area contributed by atoms with Crippen molar-refractivity contribution in [1.29, 1.82) is 0 Å². The van der Waals surface area contributed by atoms with Crippen molar-refractivity contribution in [3.05, 3.63) is 71.8 Å². The fourth-order valence-electron chi connectivity index (χ4n) is 3.94. The van der Waals surface area contributed by atoms with E-state index in [0.717, 1.165) is 10.9 Å². The third-order valence-electron chi connectivity index (χ3n) is 5.77. The zero-order chi connectivity index (χ0) is 24.7. The highest BCUT2D eigenvalue weighted by Gasteiger charge is 2.28. The number of hydrogen-bond acceptors (Lipinski definition) is 8. The molecule has 0 fully saturated rings. The molecule has 10 heteroatoms. The van der Waals surface area contributed by atoms with Crippen LogP contribution in [-0.4, -0.2) is 42.4 Å². The lowest BCUT2D eigenvalue weighted by atomic mass is 10.2. The van der Waals surface area contributed by atoms with Crippen LogP contribution in [0.2, 0.25) is 0 Å². The van der Waals surface area contributed by atoms with Gasteiger partial charge in [0.25, 0.3) is 0 Å². The van der Waals surface area contributed by atoms with E-state index in [-0.39, 0.29) is 15.6 Å². The number of fused-ring (bicyclic) bond motifs is 3. The molecule has 2 aromatic heterocycles. The number of benzene rings is 3. The third kappa shape index (κ3) is 3.81. The van der Waals surface area contributed by atoms with Crippen LogP contribution in [0, 0.1) is 13.8 Å². The quantitative estimate of drug-likeness (QED) is 0.372. The van der Waals surface area contributed by atoms with Gasteiger partial charge in [0, 0.05) is 11.5 Å². The molecule has 0 atom stereocenters. The van der Waals surface area contributed by atoms with Crippen molar-refractivity contribution in [1.82, 2.24) is 19.8 Å². The second-order valence-electron chi connectivity index (χ2n) is 8.07. The lowest BCUT2D eigenvalue weighted by Gasteiger charge is -2.14. The monoisotopic (exact) mass is 489 g/mol. The van der Waals surface area contributed by atoms with Gasteiger partial charge in [0.1, 0.15) is 17.3 Å². The zero-order valence-corrected chi connectivity index (χ0v) is 20.4. The van der Waals surface area contributed by atoms with Crippen molar-refractivity contribution in [2.75, 3.05) is 19.5 Å². The summed E-state index contributed by atoms with van der Waals surface area (Å²) in [6.45, 7) is 3.60. The average Bonchev–Trinajstić information content (AvgIpc) is 3.31. The van der Waals surface area contributed by atoms with Gasteiger partial charge in [-0.05, 0) is 55.3 Å². The van der Waals surface area contributed by atoms with Gasteiger partial charge in [-0.15, -0.1) is 5.10 Å². The van der Waals surface area contributed by atoms with Crippen LogP contribution in [0.3, 0.4) is 0 Å². The van der Waals surface area contributed by atoms with Gasteiger partial charge in [0.15, 0.2) is 5.65 Å². The molecule has 0 amide bonds. The van der Waals surface area contributed by atoms with Crippen LogP contribution in [0.25, 0.3) is 16.6 Å². The molecule has 0 radical (unpaired) electrons. The first-order valence-electron chi connectivity index (χ1n) is 10.8. The van der Waals surface area contributed by atoms with Crippen molar-refractivity contribution in [2.45, 2.75) is 23.8 Å². The number of nitrogens with zero attached hydrogens (tertiary/aromatic N) is 4. The third-order valence-corrected chi connectivity index (χ3v) is 7.56. The summed E-state index contributed by atoms with van der Waals surface area (Å²) in [5.41, 5.74) is 2.88. The van der Waals surface area contributed by atoms with Crippen molar-refractivity contribution < 1.29 is 17.9 Å². The van der Waals surface area contributed by atoms with E-state index in [0.29, 0.717) is 34.1 Å². The number of ether oxygens (including phenoxy) is 2. The largest absolute Gasteiger partial charge is 0.497 e. The SMILES string of the molecule is COc1ccc(Nc2nc3c(S(=O)(=O)c4cc(C)ccc4C)nnn3c3ccccc23)c(OC)c1. The van der Waals surface area contributed by atoms with E-state index >= 15 is 0 Å². The van der Waals surface area contributed by atoms with E-state index in [1.165, 1.54) is 4.52 Å². The molecule has 0 saturated carbocycles. The van der Waals surface area contributed by atoms with Gasteiger partial charge in [-0.25, -0.2) is 13.4 Å². The molecule has 0 saturated heterocycles. The Morgan fingerprint density at radius 3 is 2.51 bits per heavy atom. The number of nitrogens with one attached hydrogen (secondary N) is 1. The Hall–Kier alpha value is -4.18. The molecule has 0 aliphatic rings. The molecule has 0 aliphatic heterocycles. The first-order valence-corrected chi connectivity index (χ1v) is 12.3. The van der Waals surface area contributed by atoms with Crippen LogP contribution in [0.1, 0.15) is 11.1 Å². The number of sulfone groups is 1. The van der Waals surface area contributed by atoms with Gasteiger partial charge in [-0.2, -0.15) is 4.52 Å². The highest BCUT2D eigenvalue weighted by molar-refractivity contribution is 7.91. The van der Waals surface area contributed by atoms with Crippen LogP contribution in [-0.2, 0) is 9.84 Å². The topological polar surface area (TPSA) is 108 Å². The Kier molecular flexibility index (Phi) is 5.52. The van der Waals surface area contributed by atoms with Crippen LogP contribution in [0.4, 0.5) is 11.5 Å². The molecule has 9 nitrogen and oxygen atoms in total. The standard InChI is InChI=1S/C25H23N5O4S/c1-15-9-10-16(2)22(13-15)35(31,32)25-24-27-23(18-7-5-6-8-20(18)30(24)29-28-25)26-19-12-11-17(33-3)14-21(19)34-4/h5-14H,1-4H3,(H,26,27). The van der Waals surface area contributed by atoms with Crippen molar-refractivity contribution in [3.8, 4) is 11.5 Å². The number of hydrogen-bond donors (Lipinski definition) is 1. The maximum Gasteiger partial charge on any atom is 0.229 e. The van der Waals surface area contributed by atoms with Gasteiger partial charge in [-0.1, -0.05) is 29.5 Å². The number of rotatable bonds is 6. The highest BCUT2D eigenvalue weighted by Crippen LogP contribution is 2.35. The van der Waals surface area contributed by atoms with Gasteiger partial charge in [-0.3, -0.25) is 0 Å². The summed E-state index contributed by atoms with van der Waals surface area (Å²) in [5, 5.41) is 12.0. The molecular formula is C25H23N5O4S. The number of anilines is 2. The summed E-state index contributed by atoms with van der Waals surface area (Å²) in [4.78, 5) is 4.86. The number of aryl methyl sites for hydroxylation is 2. The molecule has 178 valence electrons. The molecule has 0 bridgehead atoms. The summed E-state index contributed by atoms with van der Waals surface area (Å²) < 4.78 is 39.5. The number of para-hydroxylation sites is 1.